The Kier molecular flexibility index (Phi) is 2.11. The molecule has 0 radical (unpaired) electrons. The van der Waals surface area contributed by atoms with Gasteiger partial charge in [0, 0.05) is 11.8 Å². The zero-order valence-corrected chi connectivity index (χ0v) is 9.91. The van der Waals surface area contributed by atoms with Crippen LogP contribution in [0.25, 0.3) is 22.4 Å². The van der Waals surface area contributed by atoms with E-state index in [2.05, 4.69) is 15.0 Å². The van der Waals surface area contributed by atoms with Crippen LogP contribution in [0.3, 0.4) is 0 Å². The number of aromatic nitrogens is 3. The third-order valence-corrected chi connectivity index (χ3v) is 2.98. The second-order valence-corrected chi connectivity index (χ2v) is 4.17. The molecule has 2 aromatic heterocycles. The van der Waals surface area contributed by atoms with E-state index in [1.165, 1.54) is 0 Å². The number of hydrogen-bond acceptors (Lipinski definition) is 5. The smallest absolute Gasteiger partial charge is 0.231 e. The Labute approximate surface area is 108 Å². The molecule has 1 aliphatic rings. The zero-order valence-electron chi connectivity index (χ0n) is 9.91. The Morgan fingerprint density at radius 1 is 0.947 bits per heavy atom. The van der Waals surface area contributed by atoms with E-state index >= 15 is 0 Å². The van der Waals surface area contributed by atoms with Crippen LogP contribution in [0.2, 0.25) is 0 Å². The topological polar surface area (TPSA) is 57.1 Å². The summed E-state index contributed by atoms with van der Waals surface area (Å²) >= 11 is 0. The molecule has 1 aliphatic heterocycles. The number of pyridine rings is 1. The molecule has 0 N–H and O–H groups in total. The molecule has 19 heavy (non-hydrogen) atoms. The van der Waals surface area contributed by atoms with Gasteiger partial charge in [-0.3, -0.25) is 4.98 Å². The Morgan fingerprint density at radius 2 is 1.89 bits per heavy atom. The van der Waals surface area contributed by atoms with Crippen molar-refractivity contribution in [2.45, 2.75) is 0 Å². The lowest BCUT2D eigenvalue weighted by Gasteiger charge is -2.03. The maximum Gasteiger partial charge on any atom is 0.231 e. The molecule has 0 amide bonds. The largest absolute Gasteiger partial charge is 0.454 e. The Balaban J connectivity index is 1.85. The molecule has 0 saturated heterocycles. The first-order chi connectivity index (χ1) is 9.40. The SMILES string of the molecule is c1cnc2cnc(-c3ccc4c(c3)OCO4)nc2c1. The van der Waals surface area contributed by atoms with Crippen molar-refractivity contribution in [1.29, 1.82) is 0 Å². The van der Waals surface area contributed by atoms with Crippen LogP contribution < -0.4 is 9.47 Å². The number of nitrogens with zero attached hydrogens (tertiary/aromatic N) is 3. The minimum Gasteiger partial charge on any atom is -0.454 e. The zero-order chi connectivity index (χ0) is 12.7. The number of ether oxygens (including phenoxy) is 2. The minimum atomic E-state index is 0.265. The van der Waals surface area contributed by atoms with Crippen LogP contribution in [0, 0.1) is 0 Å². The van der Waals surface area contributed by atoms with Gasteiger partial charge >= 0.3 is 0 Å². The van der Waals surface area contributed by atoms with Gasteiger partial charge in [0.2, 0.25) is 6.79 Å². The van der Waals surface area contributed by atoms with Gasteiger partial charge in [-0.05, 0) is 30.3 Å². The average Bonchev–Trinajstić information content (AvgIpc) is 2.94. The highest BCUT2D eigenvalue weighted by molar-refractivity contribution is 5.75. The fraction of sp³-hybridized carbons (Fsp3) is 0.0714. The molecular weight excluding hydrogens is 242 g/mol. The van der Waals surface area contributed by atoms with Crippen LogP contribution in [0.5, 0.6) is 11.5 Å². The first kappa shape index (κ1) is 10.3. The Morgan fingerprint density at radius 3 is 2.89 bits per heavy atom. The standard InChI is InChI=1S/C14H9N3O2/c1-2-10-11(15-5-1)7-16-14(17-10)9-3-4-12-13(6-9)19-8-18-12/h1-7H,8H2. The van der Waals surface area contributed by atoms with Crippen LogP contribution in [0.15, 0.2) is 42.7 Å². The van der Waals surface area contributed by atoms with Crippen molar-refractivity contribution in [2.24, 2.45) is 0 Å². The third kappa shape index (κ3) is 1.67. The molecule has 0 atom stereocenters. The van der Waals surface area contributed by atoms with Gasteiger partial charge in [0.15, 0.2) is 17.3 Å². The van der Waals surface area contributed by atoms with Crippen LogP contribution >= 0.6 is 0 Å². The van der Waals surface area contributed by atoms with Gasteiger partial charge in [0.05, 0.1) is 11.7 Å². The molecule has 1 aromatic carbocycles. The van der Waals surface area contributed by atoms with E-state index in [1.54, 1.807) is 12.4 Å². The normalized spacial score (nSPS) is 12.8. The lowest BCUT2D eigenvalue weighted by Crippen LogP contribution is -1.93. The van der Waals surface area contributed by atoms with E-state index < -0.39 is 0 Å². The van der Waals surface area contributed by atoms with Crippen molar-refractivity contribution in [3.05, 3.63) is 42.7 Å². The number of hydrogen-bond donors (Lipinski definition) is 0. The molecular formula is C14H9N3O2. The Hall–Kier alpha value is -2.69. The summed E-state index contributed by atoms with van der Waals surface area (Å²) in [6.45, 7) is 0.265. The molecule has 0 aliphatic carbocycles. The average molecular weight is 251 g/mol. The molecule has 0 bridgehead atoms. The molecule has 92 valence electrons. The molecule has 0 fully saturated rings. The quantitative estimate of drug-likeness (QED) is 0.664. The second-order valence-electron chi connectivity index (χ2n) is 4.17. The predicted molar refractivity (Wildman–Crippen MR) is 68.9 cm³/mol. The van der Waals surface area contributed by atoms with Crippen molar-refractivity contribution in [3.8, 4) is 22.9 Å². The van der Waals surface area contributed by atoms with Crippen LogP contribution in [0.4, 0.5) is 0 Å². The molecule has 0 spiro atoms. The highest BCUT2D eigenvalue weighted by Gasteiger charge is 2.14. The summed E-state index contributed by atoms with van der Waals surface area (Å²) in [7, 11) is 0. The summed E-state index contributed by atoms with van der Waals surface area (Å²) in [6.07, 6.45) is 3.45. The van der Waals surface area contributed by atoms with Crippen LogP contribution in [-0.4, -0.2) is 21.7 Å². The first-order valence-corrected chi connectivity index (χ1v) is 5.88. The minimum absolute atomic E-state index is 0.265. The van der Waals surface area contributed by atoms with Gasteiger partial charge in [0.25, 0.3) is 0 Å². The summed E-state index contributed by atoms with van der Waals surface area (Å²) in [5.41, 5.74) is 2.51. The lowest BCUT2D eigenvalue weighted by atomic mass is 10.2. The molecule has 5 nitrogen and oxygen atoms in total. The molecule has 0 saturated carbocycles. The summed E-state index contributed by atoms with van der Waals surface area (Å²) in [6, 6.07) is 9.46. The van der Waals surface area contributed by atoms with E-state index in [0.717, 1.165) is 28.1 Å². The maximum atomic E-state index is 5.36. The highest BCUT2D eigenvalue weighted by atomic mass is 16.7. The highest BCUT2D eigenvalue weighted by Crippen LogP contribution is 2.35. The molecule has 3 aromatic rings. The van der Waals surface area contributed by atoms with E-state index in [1.807, 2.05) is 30.3 Å². The van der Waals surface area contributed by atoms with Gasteiger partial charge in [-0.1, -0.05) is 0 Å². The first-order valence-electron chi connectivity index (χ1n) is 5.88. The third-order valence-electron chi connectivity index (χ3n) is 2.98. The van der Waals surface area contributed by atoms with Crippen LogP contribution in [-0.2, 0) is 0 Å². The summed E-state index contributed by atoms with van der Waals surface area (Å²) in [4.78, 5) is 13.0. The Bertz CT molecular complexity index is 773. The van der Waals surface area contributed by atoms with Gasteiger partial charge in [-0.2, -0.15) is 0 Å². The van der Waals surface area contributed by atoms with Crippen molar-refractivity contribution >= 4 is 11.0 Å². The number of benzene rings is 1. The summed E-state index contributed by atoms with van der Waals surface area (Å²) in [5.74, 6) is 2.14. The number of rotatable bonds is 1. The van der Waals surface area contributed by atoms with E-state index in [4.69, 9.17) is 9.47 Å². The van der Waals surface area contributed by atoms with Crippen molar-refractivity contribution < 1.29 is 9.47 Å². The molecule has 0 unspecified atom stereocenters. The van der Waals surface area contributed by atoms with Crippen molar-refractivity contribution in [1.82, 2.24) is 15.0 Å². The van der Waals surface area contributed by atoms with Gasteiger partial charge < -0.3 is 9.47 Å². The second kappa shape index (κ2) is 3.91. The fourth-order valence-corrected chi connectivity index (χ4v) is 2.04. The summed E-state index contributed by atoms with van der Waals surface area (Å²) in [5, 5.41) is 0. The predicted octanol–water partition coefficient (Wildman–Crippen LogP) is 2.42. The fourth-order valence-electron chi connectivity index (χ4n) is 2.04. The maximum absolute atomic E-state index is 5.36. The molecule has 5 heteroatoms. The van der Waals surface area contributed by atoms with Crippen molar-refractivity contribution in [2.75, 3.05) is 6.79 Å². The molecule has 3 heterocycles. The molecule has 4 rings (SSSR count). The van der Waals surface area contributed by atoms with E-state index in [9.17, 15) is 0 Å². The van der Waals surface area contributed by atoms with E-state index in [-0.39, 0.29) is 6.79 Å². The van der Waals surface area contributed by atoms with Gasteiger partial charge in [-0.15, -0.1) is 0 Å². The van der Waals surface area contributed by atoms with Crippen molar-refractivity contribution in [3.63, 3.8) is 0 Å². The number of fused-ring (bicyclic) bond motifs is 2. The van der Waals surface area contributed by atoms with Gasteiger partial charge in [0.1, 0.15) is 5.52 Å². The van der Waals surface area contributed by atoms with Gasteiger partial charge in [-0.25, -0.2) is 9.97 Å². The lowest BCUT2D eigenvalue weighted by molar-refractivity contribution is 0.174. The summed E-state index contributed by atoms with van der Waals surface area (Å²) < 4.78 is 10.6. The monoisotopic (exact) mass is 251 g/mol. The van der Waals surface area contributed by atoms with Crippen LogP contribution in [0.1, 0.15) is 0 Å². The van der Waals surface area contributed by atoms with E-state index in [0.29, 0.717) is 5.82 Å².